The van der Waals surface area contributed by atoms with E-state index in [1.54, 1.807) is 24.3 Å². The molecule has 0 saturated carbocycles. The molecule has 0 saturated heterocycles. The lowest BCUT2D eigenvalue weighted by Crippen LogP contribution is -2.44. The minimum Gasteiger partial charge on any atom is -0.425 e. The number of amides is 2. The fraction of sp³-hybridized carbons (Fsp3) is 0.111. The highest BCUT2D eigenvalue weighted by Gasteiger charge is 2.41. The van der Waals surface area contributed by atoms with Crippen molar-refractivity contribution in [3.8, 4) is 11.8 Å². The van der Waals surface area contributed by atoms with Gasteiger partial charge in [-0.05, 0) is 43.3 Å². The van der Waals surface area contributed by atoms with Crippen LogP contribution in [0.2, 0.25) is 0 Å². The topological polar surface area (TPSA) is 87.5 Å². The van der Waals surface area contributed by atoms with Crippen molar-refractivity contribution < 1.29 is 19.1 Å². The zero-order valence-corrected chi connectivity index (χ0v) is 12.7. The highest BCUT2D eigenvalue weighted by atomic mass is 16.5. The molecule has 0 fully saturated rings. The Kier molecular flexibility index (Phi) is 3.84. The maximum atomic E-state index is 12.4. The number of rotatable bonds is 3. The van der Waals surface area contributed by atoms with E-state index in [0.717, 1.165) is 4.90 Å². The Morgan fingerprint density at radius 2 is 1.58 bits per heavy atom. The second-order valence-electron chi connectivity index (χ2n) is 5.26. The minimum atomic E-state index is -1.06. The number of benzene rings is 2. The molecule has 6 nitrogen and oxygen atoms in total. The first-order valence-corrected chi connectivity index (χ1v) is 7.21. The SMILES string of the molecule is C[C@H](C(=O)Oc1ccc(C#N)cc1)N1C(=O)c2ccccc2C1=O. The molecule has 0 spiro atoms. The van der Waals surface area contributed by atoms with Gasteiger partial charge < -0.3 is 4.74 Å². The molecule has 0 aromatic heterocycles. The maximum absolute atomic E-state index is 12.4. The minimum absolute atomic E-state index is 0.238. The summed E-state index contributed by atoms with van der Waals surface area (Å²) in [6.07, 6.45) is 0. The molecule has 3 rings (SSSR count). The highest BCUT2D eigenvalue weighted by molar-refractivity contribution is 6.22. The number of imide groups is 1. The van der Waals surface area contributed by atoms with Gasteiger partial charge >= 0.3 is 5.97 Å². The van der Waals surface area contributed by atoms with Crippen LogP contribution in [0.3, 0.4) is 0 Å². The molecule has 1 heterocycles. The molecule has 118 valence electrons. The first kappa shape index (κ1) is 15.4. The van der Waals surface area contributed by atoms with Crippen LogP contribution in [0.4, 0.5) is 0 Å². The quantitative estimate of drug-likeness (QED) is 0.491. The van der Waals surface area contributed by atoms with Crippen LogP contribution in [0.25, 0.3) is 0 Å². The Bertz CT molecular complexity index is 846. The Balaban J connectivity index is 1.78. The van der Waals surface area contributed by atoms with Crippen LogP contribution < -0.4 is 4.74 Å². The Labute approximate surface area is 137 Å². The molecule has 1 aliphatic heterocycles. The van der Waals surface area contributed by atoms with Gasteiger partial charge in [0.2, 0.25) is 0 Å². The Morgan fingerprint density at radius 1 is 1.04 bits per heavy atom. The third kappa shape index (κ3) is 2.52. The monoisotopic (exact) mass is 320 g/mol. The predicted octanol–water partition coefficient (Wildman–Crippen LogP) is 2.15. The van der Waals surface area contributed by atoms with Gasteiger partial charge in [-0.2, -0.15) is 5.26 Å². The van der Waals surface area contributed by atoms with Crippen molar-refractivity contribution in [2.24, 2.45) is 0 Å². The lowest BCUT2D eigenvalue weighted by atomic mass is 10.1. The number of carbonyl (C=O) groups is 3. The summed E-state index contributed by atoms with van der Waals surface area (Å²) in [6.45, 7) is 1.44. The molecular weight excluding hydrogens is 308 g/mol. The maximum Gasteiger partial charge on any atom is 0.334 e. The zero-order valence-electron chi connectivity index (χ0n) is 12.7. The number of fused-ring (bicyclic) bond motifs is 1. The molecular formula is C18H12N2O4. The number of hydrogen-bond donors (Lipinski definition) is 0. The highest BCUT2D eigenvalue weighted by Crippen LogP contribution is 2.25. The van der Waals surface area contributed by atoms with Gasteiger partial charge in [-0.15, -0.1) is 0 Å². The lowest BCUT2D eigenvalue weighted by molar-refractivity contribution is -0.138. The van der Waals surface area contributed by atoms with Gasteiger partial charge in [0.25, 0.3) is 11.8 Å². The summed E-state index contributed by atoms with van der Waals surface area (Å²) in [6, 6.07) is 13.3. The number of ether oxygens (including phenoxy) is 1. The van der Waals surface area contributed by atoms with Crippen LogP contribution >= 0.6 is 0 Å². The summed E-state index contributed by atoms with van der Waals surface area (Å²) < 4.78 is 5.19. The third-order valence-electron chi connectivity index (χ3n) is 3.76. The average Bonchev–Trinajstić information content (AvgIpc) is 2.86. The van der Waals surface area contributed by atoms with Crippen LogP contribution in [-0.4, -0.2) is 28.7 Å². The molecule has 1 atom stereocenters. The first-order chi connectivity index (χ1) is 11.5. The predicted molar refractivity (Wildman–Crippen MR) is 83.2 cm³/mol. The van der Waals surface area contributed by atoms with Crippen molar-refractivity contribution in [1.29, 1.82) is 5.26 Å². The Morgan fingerprint density at radius 3 is 2.08 bits per heavy atom. The zero-order chi connectivity index (χ0) is 17.3. The normalized spacial score (nSPS) is 14.1. The van der Waals surface area contributed by atoms with Crippen molar-refractivity contribution >= 4 is 17.8 Å². The molecule has 6 heteroatoms. The third-order valence-corrected chi connectivity index (χ3v) is 3.76. The standard InChI is InChI=1S/C18H12N2O4/c1-11(18(23)24-13-8-6-12(10-19)7-9-13)20-16(21)14-4-2-3-5-15(14)17(20)22/h2-9,11H,1H3/t11-/m1/s1. The lowest BCUT2D eigenvalue weighted by Gasteiger charge is -2.20. The summed E-state index contributed by atoms with van der Waals surface area (Å²) in [5.41, 5.74) is 0.990. The van der Waals surface area contributed by atoms with Crippen LogP contribution in [0.15, 0.2) is 48.5 Å². The van der Waals surface area contributed by atoms with Crippen molar-refractivity contribution in [1.82, 2.24) is 4.90 Å². The van der Waals surface area contributed by atoms with E-state index in [4.69, 9.17) is 10.00 Å². The summed E-state index contributed by atoms with van der Waals surface area (Å²) >= 11 is 0. The number of nitriles is 1. The number of carbonyl (C=O) groups excluding carboxylic acids is 3. The van der Waals surface area contributed by atoms with E-state index in [0.29, 0.717) is 5.56 Å². The van der Waals surface area contributed by atoms with Crippen molar-refractivity contribution in [3.05, 3.63) is 65.2 Å². The van der Waals surface area contributed by atoms with E-state index >= 15 is 0 Å². The molecule has 0 unspecified atom stereocenters. The summed E-state index contributed by atoms with van der Waals surface area (Å²) in [7, 11) is 0. The average molecular weight is 320 g/mol. The van der Waals surface area contributed by atoms with Crippen LogP contribution in [0.5, 0.6) is 5.75 Å². The van der Waals surface area contributed by atoms with E-state index in [9.17, 15) is 14.4 Å². The summed E-state index contributed by atoms with van der Waals surface area (Å²) in [5, 5.41) is 8.75. The molecule has 1 aliphatic rings. The van der Waals surface area contributed by atoms with Gasteiger partial charge in [-0.1, -0.05) is 12.1 Å². The van der Waals surface area contributed by atoms with Gasteiger partial charge in [-0.25, -0.2) is 4.79 Å². The molecule has 0 aliphatic carbocycles. The van der Waals surface area contributed by atoms with Gasteiger partial charge in [-0.3, -0.25) is 14.5 Å². The van der Waals surface area contributed by atoms with Crippen molar-refractivity contribution in [3.63, 3.8) is 0 Å². The second-order valence-corrected chi connectivity index (χ2v) is 5.26. The largest absolute Gasteiger partial charge is 0.425 e. The van der Waals surface area contributed by atoms with Gasteiger partial charge in [0, 0.05) is 0 Å². The summed E-state index contributed by atoms with van der Waals surface area (Å²) in [4.78, 5) is 37.9. The molecule has 0 bridgehead atoms. The molecule has 0 radical (unpaired) electrons. The van der Waals surface area contributed by atoms with E-state index in [1.165, 1.54) is 31.2 Å². The van der Waals surface area contributed by atoms with E-state index in [1.807, 2.05) is 6.07 Å². The van der Waals surface area contributed by atoms with Crippen molar-refractivity contribution in [2.45, 2.75) is 13.0 Å². The molecule has 2 aromatic carbocycles. The van der Waals surface area contributed by atoms with Crippen molar-refractivity contribution in [2.75, 3.05) is 0 Å². The van der Waals surface area contributed by atoms with Crippen LogP contribution in [-0.2, 0) is 4.79 Å². The fourth-order valence-corrected chi connectivity index (χ4v) is 2.46. The summed E-state index contributed by atoms with van der Waals surface area (Å²) in [5.74, 6) is -1.52. The van der Waals surface area contributed by atoms with Crippen LogP contribution in [0.1, 0.15) is 33.2 Å². The molecule has 2 amide bonds. The second kappa shape index (κ2) is 5.97. The van der Waals surface area contributed by atoms with Gasteiger partial charge in [0.15, 0.2) is 0 Å². The number of hydrogen-bond acceptors (Lipinski definition) is 5. The van der Waals surface area contributed by atoms with E-state index in [2.05, 4.69) is 0 Å². The number of nitrogens with zero attached hydrogens (tertiary/aromatic N) is 2. The molecule has 24 heavy (non-hydrogen) atoms. The molecule has 0 N–H and O–H groups in total. The van der Waals surface area contributed by atoms with E-state index in [-0.39, 0.29) is 16.9 Å². The van der Waals surface area contributed by atoms with E-state index < -0.39 is 23.8 Å². The smallest absolute Gasteiger partial charge is 0.334 e. The first-order valence-electron chi connectivity index (χ1n) is 7.21. The fourth-order valence-electron chi connectivity index (χ4n) is 2.46. The van der Waals surface area contributed by atoms with Gasteiger partial charge in [0.1, 0.15) is 11.8 Å². The van der Waals surface area contributed by atoms with Crippen LogP contribution in [0, 0.1) is 11.3 Å². The number of esters is 1. The Hall–Kier alpha value is -3.46. The molecule has 2 aromatic rings. The van der Waals surface area contributed by atoms with Gasteiger partial charge in [0.05, 0.1) is 22.8 Å².